The van der Waals surface area contributed by atoms with Crippen molar-refractivity contribution in [3.05, 3.63) is 95.0 Å². The SMILES string of the molecule is CCCNC(=O)C(Cc1ccccc1)N(Cc1ccc(Cl)cc1)C(=O)CN(c1cccc(OC)c1)S(C)(=O)=O. The van der Waals surface area contributed by atoms with Crippen LogP contribution in [0.3, 0.4) is 0 Å². The van der Waals surface area contributed by atoms with Crippen molar-refractivity contribution in [3.8, 4) is 5.75 Å². The van der Waals surface area contributed by atoms with Crippen LogP contribution in [0.4, 0.5) is 5.69 Å². The molecule has 0 spiro atoms. The fraction of sp³-hybridized carbons (Fsp3) is 0.310. The maximum Gasteiger partial charge on any atom is 0.244 e. The summed E-state index contributed by atoms with van der Waals surface area (Å²) in [6, 6.07) is 22.0. The highest BCUT2D eigenvalue weighted by atomic mass is 35.5. The Morgan fingerprint density at radius 3 is 2.28 bits per heavy atom. The summed E-state index contributed by atoms with van der Waals surface area (Å²) < 4.78 is 32.0. The van der Waals surface area contributed by atoms with Gasteiger partial charge in [-0.2, -0.15) is 0 Å². The van der Waals surface area contributed by atoms with Gasteiger partial charge >= 0.3 is 0 Å². The van der Waals surface area contributed by atoms with Crippen molar-refractivity contribution in [2.45, 2.75) is 32.4 Å². The number of benzene rings is 3. The van der Waals surface area contributed by atoms with Crippen LogP contribution in [0.2, 0.25) is 5.02 Å². The van der Waals surface area contributed by atoms with Crippen LogP contribution >= 0.6 is 11.6 Å². The van der Waals surface area contributed by atoms with E-state index in [2.05, 4.69) is 5.32 Å². The summed E-state index contributed by atoms with van der Waals surface area (Å²) in [5.41, 5.74) is 1.91. The Bertz CT molecular complexity index is 1350. The van der Waals surface area contributed by atoms with Crippen molar-refractivity contribution in [1.82, 2.24) is 10.2 Å². The largest absolute Gasteiger partial charge is 0.497 e. The molecule has 0 aliphatic carbocycles. The number of halogens is 1. The van der Waals surface area contributed by atoms with Gasteiger partial charge in [0.15, 0.2) is 0 Å². The van der Waals surface area contributed by atoms with Gasteiger partial charge in [0.2, 0.25) is 21.8 Å². The third-order valence-corrected chi connectivity index (χ3v) is 7.50. The minimum atomic E-state index is -3.86. The molecule has 2 amide bonds. The number of carbonyl (C=O) groups is 2. The first-order valence-corrected chi connectivity index (χ1v) is 14.8. The van der Waals surface area contributed by atoms with Crippen LogP contribution in [-0.2, 0) is 32.6 Å². The summed E-state index contributed by atoms with van der Waals surface area (Å²) in [4.78, 5) is 28.9. The number of ether oxygens (including phenoxy) is 1. The van der Waals surface area contributed by atoms with E-state index in [1.165, 1.54) is 12.0 Å². The predicted molar refractivity (Wildman–Crippen MR) is 154 cm³/mol. The molecule has 0 saturated carbocycles. The third kappa shape index (κ3) is 8.73. The highest BCUT2D eigenvalue weighted by Gasteiger charge is 2.33. The molecule has 0 bridgehead atoms. The lowest BCUT2D eigenvalue weighted by molar-refractivity contribution is -0.140. The topological polar surface area (TPSA) is 96.0 Å². The first-order valence-electron chi connectivity index (χ1n) is 12.6. The van der Waals surface area contributed by atoms with Crippen molar-refractivity contribution < 1.29 is 22.7 Å². The zero-order chi connectivity index (χ0) is 28.4. The van der Waals surface area contributed by atoms with Crippen LogP contribution in [-0.4, -0.2) is 57.6 Å². The van der Waals surface area contributed by atoms with E-state index in [0.717, 1.165) is 28.1 Å². The number of anilines is 1. The molecule has 0 fully saturated rings. The highest BCUT2D eigenvalue weighted by molar-refractivity contribution is 7.92. The molecule has 8 nitrogen and oxygen atoms in total. The van der Waals surface area contributed by atoms with E-state index in [9.17, 15) is 18.0 Å². The van der Waals surface area contributed by atoms with E-state index in [1.807, 2.05) is 37.3 Å². The maximum atomic E-state index is 14.0. The molecule has 1 unspecified atom stereocenters. The first-order chi connectivity index (χ1) is 18.6. The Kier molecular flexibility index (Phi) is 10.8. The second kappa shape index (κ2) is 14.0. The van der Waals surface area contributed by atoms with Gasteiger partial charge in [-0.1, -0.05) is 67.1 Å². The fourth-order valence-corrected chi connectivity index (χ4v) is 5.05. The molecule has 0 aliphatic heterocycles. The zero-order valence-electron chi connectivity index (χ0n) is 22.3. The van der Waals surface area contributed by atoms with Gasteiger partial charge in [0, 0.05) is 30.6 Å². The van der Waals surface area contributed by atoms with E-state index in [4.69, 9.17) is 16.3 Å². The molecule has 0 aromatic heterocycles. The summed E-state index contributed by atoms with van der Waals surface area (Å²) in [7, 11) is -2.38. The lowest BCUT2D eigenvalue weighted by atomic mass is 10.0. The quantitative estimate of drug-likeness (QED) is 0.330. The number of hydrogen-bond acceptors (Lipinski definition) is 5. The third-order valence-electron chi connectivity index (χ3n) is 6.11. The number of rotatable bonds is 13. The summed E-state index contributed by atoms with van der Waals surface area (Å²) in [5.74, 6) is -0.381. The molecule has 3 aromatic rings. The van der Waals surface area contributed by atoms with Gasteiger partial charge in [0.05, 0.1) is 19.1 Å². The van der Waals surface area contributed by atoms with E-state index >= 15 is 0 Å². The average molecular weight is 572 g/mol. The second-order valence-electron chi connectivity index (χ2n) is 9.12. The monoisotopic (exact) mass is 571 g/mol. The molecule has 0 saturated heterocycles. The molecule has 208 valence electrons. The Hall–Kier alpha value is -3.56. The van der Waals surface area contributed by atoms with Crippen LogP contribution < -0.4 is 14.4 Å². The van der Waals surface area contributed by atoms with Crippen LogP contribution in [0.1, 0.15) is 24.5 Å². The molecular weight excluding hydrogens is 538 g/mol. The highest BCUT2D eigenvalue weighted by Crippen LogP contribution is 2.24. The Morgan fingerprint density at radius 2 is 1.67 bits per heavy atom. The summed E-state index contributed by atoms with van der Waals surface area (Å²) in [6.45, 7) is 1.99. The average Bonchev–Trinajstić information content (AvgIpc) is 2.93. The second-order valence-corrected chi connectivity index (χ2v) is 11.5. The molecule has 3 rings (SSSR count). The fourth-order valence-electron chi connectivity index (χ4n) is 4.09. The molecule has 0 radical (unpaired) electrons. The minimum absolute atomic E-state index is 0.0861. The number of amides is 2. The van der Waals surface area contributed by atoms with Crippen molar-refractivity contribution >= 4 is 39.1 Å². The number of sulfonamides is 1. The number of nitrogens with zero attached hydrogens (tertiary/aromatic N) is 2. The number of nitrogens with one attached hydrogen (secondary N) is 1. The maximum absolute atomic E-state index is 14.0. The van der Waals surface area contributed by atoms with Crippen LogP contribution in [0, 0.1) is 0 Å². The lowest BCUT2D eigenvalue weighted by Gasteiger charge is -2.33. The van der Waals surface area contributed by atoms with E-state index in [0.29, 0.717) is 17.3 Å². The summed E-state index contributed by atoms with van der Waals surface area (Å²) in [6.07, 6.45) is 2.03. The van der Waals surface area contributed by atoms with Crippen LogP contribution in [0.25, 0.3) is 0 Å². The van der Waals surface area contributed by atoms with Gasteiger partial charge in [-0.05, 0) is 41.8 Å². The molecule has 39 heavy (non-hydrogen) atoms. The zero-order valence-corrected chi connectivity index (χ0v) is 23.9. The molecule has 3 aromatic carbocycles. The molecule has 1 N–H and O–H groups in total. The minimum Gasteiger partial charge on any atom is -0.497 e. The van der Waals surface area contributed by atoms with Gasteiger partial charge in [-0.15, -0.1) is 0 Å². The Labute approximate surface area is 235 Å². The molecule has 0 aliphatic rings. The van der Waals surface area contributed by atoms with Crippen molar-refractivity contribution in [2.75, 3.05) is 30.8 Å². The number of hydrogen-bond donors (Lipinski definition) is 1. The molecule has 1 atom stereocenters. The van der Waals surface area contributed by atoms with Crippen molar-refractivity contribution in [3.63, 3.8) is 0 Å². The van der Waals surface area contributed by atoms with Gasteiger partial charge in [-0.3, -0.25) is 13.9 Å². The van der Waals surface area contributed by atoms with Crippen molar-refractivity contribution in [1.29, 1.82) is 0 Å². The Morgan fingerprint density at radius 1 is 0.974 bits per heavy atom. The van der Waals surface area contributed by atoms with Crippen molar-refractivity contribution in [2.24, 2.45) is 0 Å². The summed E-state index contributed by atoms with van der Waals surface area (Å²) >= 11 is 6.07. The van der Waals surface area contributed by atoms with Gasteiger partial charge in [-0.25, -0.2) is 8.42 Å². The van der Waals surface area contributed by atoms with Crippen LogP contribution in [0.5, 0.6) is 5.75 Å². The standard InChI is InChI=1S/C29H34ClN3O5S/c1-4-17-31-29(35)27(18-22-9-6-5-7-10-22)32(20-23-13-15-24(30)16-14-23)28(34)21-33(39(3,36)37)25-11-8-12-26(19-25)38-2/h5-16,19,27H,4,17-18,20-21H2,1-3H3,(H,31,35). The van der Waals surface area contributed by atoms with E-state index in [-0.39, 0.29) is 24.6 Å². The van der Waals surface area contributed by atoms with Gasteiger partial charge in [0.1, 0.15) is 18.3 Å². The van der Waals surface area contributed by atoms with Crippen LogP contribution in [0.15, 0.2) is 78.9 Å². The van der Waals surface area contributed by atoms with E-state index < -0.39 is 28.5 Å². The van der Waals surface area contributed by atoms with Gasteiger partial charge < -0.3 is 15.0 Å². The molecule has 0 heterocycles. The lowest BCUT2D eigenvalue weighted by Crippen LogP contribution is -2.53. The first kappa shape index (κ1) is 30.0. The number of carbonyl (C=O) groups excluding carboxylic acids is 2. The van der Waals surface area contributed by atoms with Gasteiger partial charge in [0.25, 0.3) is 0 Å². The summed E-state index contributed by atoms with van der Waals surface area (Å²) in [5, 5.41) is 3.45. The smallest absolute Gasteiger partial charge is 0.244 e. The molecule has 10 heteroatoms. The number of methoxy groups -OCH3 is 1. The van der Waals surface area contributed by atoms with E-state index in [1.54, 1.807) is 48.5 Å². The normalized spacial score (nSPS) is 11.9. The predicted octanol–water partition coefficient (Wildman–Crippen LogP) is 4.28. The Balaban J connectivity index is 2.04. The molecular formula is C29H34ClN3O5S.